The minimum atomic E-state index is -2.46. The number of nitrogens with zero attached hydrogens (tertiary/aromatic N) is 1. The van der Waals surface area contributed by atoms with Gasteiger partial charge in [0.2, 0.25) is 0 Å². The van der Waals surface area contributed by atoms with Crippen LogP contribution >= 0.6 is 0 Å². The molecule has 0 bridgehead atoms. The predicted octanol–water partition coefficient (Wildman–Crippen LogP) is 3.12. The quantitative estimate of drug-likeness (QED) is 0.590. The molecule has 0 radical (unpaired) electrons. The van der Waals surface area contributed by atoms with E-state index in [1.807, 2.05) is 31.2 Å². The number of aliphatic carboxylic acids is 1. The van der Waals surface area contributed by atoms with Gasteiger partial charge in [0.05, 0.1) is 5.69 Å². The lowest BCUT2D eigenvalue weighted by molar-refractivity contribution is -0.138. The number of hydrogen-bond acceptors (Lipinski definition) is 2. The summed E-state index contributed by atoms with van der Waals surface area (Å²) in [5.74, 6) is -1.16. The Kier molecular flexibility index (Phi) is 4.87. The van der Waals surface area contributed by atoms with Crippen LogP contribution in [0.2, 0.25) is 0 Å². The van der Waals surface area contributed by atoms with Crippen LogP contribution in [0.1, 0.15) is 11.1 Å². The van der Waals surface area contributed by atoms with Gasteiger partial charge >= 0.3 is 5.97 Å². The summed E-state index contributed by atoms with van der Waals surface area (Å²) in [4.78, 5) is 14.9. The second-order valence-electron chi connectivity index (χ2n) is 5.81. The average molecular weight is 358 g/mol. The van der Waals surface area contributed by atoms with Gasteiger partial charge < -0.3 is 10.1 Å². The van der Waals surface area contributed by atoms with Crippen LogP contribution in [0.5, 0.6) is 0 Å². The average Bonchev–Trinajstić information content (AvgIpc) is 2.99. The minimum absolute atomic E-state index is 0.0967. The molecule has 0 aliphatic rings. The zero-order chi connectivity index (χ0) is 18.0. The number of aryl methyl sites for hydroxylation is 1. The number of carbonyl (C=O) groups is 1. The van der Waals surface area contributed by atoms with Gasteiger partial charge in [-0.15, -0.1) is 0 Å². The summed E-state index contributed by atoms with van der Waals surface area (Å²) < 4.78 is 22.6. The number of aromatic nitrogens is 1. The zero-order valence-electron chi connectivity index (χ0n) is 13.5. The molecular weight excluding hydrogens is 340 g/mol. The maximum atomic E-state index is 11.9. The molecule has 130 valence electrons. The van der Waals surface area contributed by atoms with E-state index in [2.05, 4.69) is 4.98 Å². The smallest absolute Gasteiger partial charge is 0.327 e. The molecule has 2 atom stereocenters. The van der Waals surface area contributed by atoms with E-state index in [9.17, 15) is 18.7 Å². The lowest BCUT2D eigenvalue weighted by Crippen LogP contribution is -2.43. The van der Waals surface area contributed by atoms with Crippen molar-refractivity contribution in [3.8, 4) is 0 Å². The number of carboxylic acid groups (broad SMARTS) is 1. The van der Waals surface area contributed by atoms with Crippen molar-refractivity contribution in [3.63, 3.8) is 0 Å². The van der Waals surface area contributed by atoms with Crippen LogP contribution in [0.3, 0.4) is 0 Å². The van der Waals surface area contributed by atoms with Crippen molar-refractivity contribution in [2.75, 3.05) is 4.31 Å². The Bertz CT molecular complexity index is 920. The number of H-pyrrole nitrogens is 1. The van der Waals surface area contributed by atoms with Gasteiger partial charge in [-0.25, -0.2) is 9.00 Å². The van der Waals surface area contributed by atoms with Crippen LogP contribution in [-0.4, -0.2) is 30.9 Å². The van der Waals surface area contributed by atoms with Crippen LogP contribution in [0.4, 0.5) is 5.69 Å². The van der Waals surface area contributed by atoms with Gasteiger partial charge in [-0.05, 0) is 30.7 Å². The van der Waals surface area contributed by atoms with Crippen molar-refractivity contribution < 1.29 is 18.7 Å². The van der Waals surface area contributed by atoms with Crippen molar-refractivity contribution in [1.82, 2.24) is 4.98 Å². The second-order valence-corrected chi connectivity index (χ2v) is 6.66. The Morgan fingerprint density at radius 2 is 1.88 bits per heavy atom. The van der Waals surface area contributed by atoms with Crippen LogP contribution in [0, 0.1) is 6.92 Å². The summed E-state index contributed by atoms with van der Waals surface area (Å²) in [5, 5.41) is 10.6. The number of rotatable bonds is 6. The number of benzene rings is 2. The fraction of sp³-hybridized carbons (Fsp3) is 0.167. The minimum Gasteiger partial charge on any atom is -0.480 e. The molecule has 2 unspecified atom stereocenters. The normalized spacial score (nSPS) is 13.5. The Hall–Kier alpha value is -2.64. The molecule has 3 rings (SSSR count). The first-order valence-electron chi connectivity index (χ1n) is 7.72. The fourth-order valence-electron chi connectivity index (χ4n) is 2.85. The highest BCUT2D eigenvalue weighted by atomic mass is 32.2. The van der Waals surface area contributed by atoms with Crippen LogP contribution < -0.4 is 4.31 Å². The van der Waals surface area contributed by atoms with Gasteiger partial charge in [0, 0.05) is 23.5 Å². The molecule has 1 aromatic heterocycles. The Morgan fingerprint density at radius 1 is 1.20 bits per heavy atom. The van der Waals surface area contributed by atoms with Crippen LogP contribution in [0.15, 0.2) is 54.7 Å². The third-order valence-corrected chi connectivity index (χ3v) is 4.91. The molecule has 7 heteroatoms. The fourth-order valence-corrected chi connectivity index (χ4v) is 3.53. The van der Waals surface area contributed by atoms with Gasteiger partial charge in [-0.2, -0.15) is 0 Å². The SMILES string of the molecule is Cc1ccc(N(C(Cc2c[nH]c3ccccc23)C(=O)O)S(=O)O)cc1. The molecule has 3 aromatic rings. The summed E-state index contributed by atoms with van der Waals surface area (Å²) >= 11 is -2.46. The molecule has 0 fully saturated rings. The van der Waals surface area contributed by atoms with Crippen LogP contribution in [-0.2, 0) is 22.5 Å². The topological polar surface area (TPSA) is 93.6 Å². The number of anilines is 1. The Balaban J connectivity index is 1.99. The summed E-state index contributed by atoms with van der Waals surface area (Å²) in [6, 6.07) is 13.2. The standard InChI is InChI=1S/C18H18N2O4S/c1-12-6-8-14(9-7-12)20(25(23)24)17(18(21)22)10-13-11-19-16-5-3-2-4-15(13)16/h2-9,11,17,19H,10H2,1H3,(H,21,22)(H,23,24). The highest BCUT2D eigenvalue weighted by Crippen LogP contribution is 2.25. The lowest BCUT2D eigenvalue weighted by Gasteiger charge is -2.27. The number of fused-ring (bicyclic) bond motifs is 1. The van der Waals surface area contributed by atoms with Crippen molar-refractivity contribution >= 4 is 33.8 Å². The molecule has 0 amide bonds. The molecule has 3 N–H and O–H groups in total. The van der Waals surface area contributed by atoms with E-state index in [1.54, 1.807) is 30.5 Å². The molecular formula is C18H18N2O4S. The highest BCUT2D eigenvalue weighted by Gasteiger charge is 2.31. The molecule has 6 nitrogen and oxygen atoms in total. The van der Waals surface area contributed by atoms with Gasteiger partial charge in [-0.3, -0.25) is 8.86 Å². The van der Waals surface area contributed by atoms with Crippen molar-refractivity contribution in [2.45, 2.75) is 19.4 Å². The van der Waals surface area contributed by atoms with E-state index in [0.717, 1.165) is 26.3 Å². The van der Waals surface area contributed by atoms with Crippen molar-refractivity contribution in [2.24, 2.45) is 0 Å². The zero-order valence-corrected chi connectivity index (χ0v) is 14.4. The number of carboxylic acids is 1. The van der Waals surface area contributed by atoms with E-state index in [4.69, 9.17) is 0 Å². The van der Waals surface area contributed by atoms with Gasteiger partial charge in [0.25, 0.3) is 11.3 Å². The van der Waals surface area contributed by atoms with Gasteiger partial charge in [-0.1, -0.05) is 35.9 Å². The molecule has 25 heavy (non-hydrogen) atoms. The number of nitrogens with one attached hydrogen (secondary N) is 1. The lowest BCUT2D eigenvalue weighted by atomic mass is 10.0. The molecule has 0 saturated heterocycles. The van der Waals surface area contributed by atoms with Gasteiger partial charge in [0.15, 0.2) is 0 Å². The van der Waals surface area contributed by atoms with E-state index < -0.39 is 23.3 Å². The summed E-state index contributed by atoms with van der Waals surface area (Å²) in [7, 11) is 0. The van der Waals surface area contributed by atoms with E-state index in [0.29, 0.717) is 5.69 Å². The third-order valence-electron chi connectivity index (χ3n) is 4.11. The van der Waals surface area contributed by atoms with E-state index >= 15 is 0 Å². The van der Waals surface area contributed by atoms with Crippen LogP contribution in [0.25, 0.3) is 10.9 Å². The third kappa shape index (κ3) is 3.57. The highest BCUT2D eigenvalue weighted by molar-refractivity contribution is 7.80. The predicted molar refractivity (Wildman–Crippen MR) is 97.9 cm³/mol. The molecule has 0 saturated carbocycles. The first-order valence-corrected chi connectivity index (χ1v) is 8.78. The van der Waals surface area contributed by atoms with E-state index in [-0.39, 0.29) is 6.42 Å². The van der Waals surface area contributed by atoms with Crippen molar-refractivity contribution in [3.05, 3.63) is 65.9 Å². The van der Waals surface area contributed by atoms with E-state index in [1.165, 1.54) is 0 Å². The molecule has 2 aromatic carbocycles. The second kappa shape index (κ2) is 7.08. The number of para-hydroxylation sites is 1. The first-order chi connectivity index (χ1) is 12.0. The number of hydrogen-bond donors (Lipinski definition) is 3. The summed E-state index contributed by atoms with van der Waals surface area (Å²) in [6.45, 7) is 1.89. The molecule has 0 aliphatic heterocycles. The largest absolute Gasteiger partial charge is 0.480 e. The molecule has 0 spiro atoms. The molecule has 0 aliphatic carbocycles. The first kappa shape index (κ1) is 17.2. The summed E-state index contributed by atoms with van der Waals surface area (Å²) in [6.07, 6.45) is 1.84. The molecule has 1 heterocycles. The maximum Gasteiger partial charge on any atom is 0.327 e. The summed E-state index contributed by atoms with van der Waals surface area (Å²) in [5.41, 5.74) is 3.05. The van der Waals surface area contributed by atoms with Crippen molar-refractivity contribution in [1.29, 1.82) is 0 Å². The van der Waals surface area contributed by atoms with Gasteiger partial charge in [0.1, 0.15) is 6.04 Å². The Morgan fingerprint density at radius 3 is 2.52 bits per heavy atom. The Labute approximate surface area is 147 Å². The maximum absolute atomic E-state index is 11.9. The monoisotopic (exact) mass is 358 g/mol. The number of aromatic amines is 1.